The van der Waals surface area contributed by atoms with E-state index in [9.17, 15) is 9.90 Å². The molecule has 5 rings (SSSR count). The maximum Gasteiger partial charge on any atom is 0.349 e. The molecule has 2 bridgehead atoms. The van der Waals surface area contributed by atoms with E-state index in [0.717, 1.165) is 12.8 Å². The van der Waals surface area contributed by atoms with E-state index in [1.54, 1.807) is 12.1 Å². The quantitative estimate of drug-likeness (QED) is 0.670. The normalized spacial score (nSPS) is 34.0. The molecule has 4 atom stereocenters. The molecule has 6 heteroatoms. The third-order valence-corrected chi connectivity index (χ3v) is 7.51. The van der Waals surface area contributed by atoms with Crippen molar-refractivity contribution in [2.24, 2.45) is 11.8 Å². The summed E-state index contributed by atoms with van der Waals surface area (Å²) in [6.07, 6.45) is 3.59. The van der Waals surface area contributed by atoms with Gasteiger partial charge in [0.25, 0.3) is 0 Å². The van der Waals surface area contributed by atoms with Crippen LogP contribution in [0.5, 0.6) is 0 Å². The molecule has 1 aliphatic heterocycles. The van der Waals surface area contributed by atoms with Crippen LogP contribution in [0.25, 0.3) is 0 Å². The molecule has 0 spiro atoms. The Balaban J connectivity index is 1.39. The van der Waals surface area contributed by atoms with Gasteiger partial charge in [-0.3, -0.25) is 0 Å². The molecule has 4 unspecified atom stereocenters. The molecule has 1 N–H and O–H groups in total. The number of rotatable bonds is 4. The monoisotopic (exact) mass is 362 g/mol. The summed E-state index contributed by atoms with van der Waals surface area (Å²) in [6.45, 7) is 0. The van der Waals surface area contributed by atoms with Gasteiger partial charge in [0, 0.05) is 0 Å². The van der Waals surface area contributed by atoms with Gasteiger partial charge in [-0.15, -0.1) is 22.7 Å². The van der Waals surface area contributed by atoms with Gasteiger partial charge in [-0.2, -0.15) is 0 Å². The number of epoxide rings is 1. The lowest BCUT2D eigenvalue weighted by Gasteiger charge is -2.32. The zero-order valence-electron chi connectivity index (χ0n) is 13.0. The number of carbonyl (C=O) groups excluding carboxylic acids is 1. The fourth-order valence-electron chi connectivity index (χ4n) is 4.41. The largest absolute Gasteiger partial charge is 0.460 e. The van der Waals surface area contributed by atoms with Gasteiger partial charge >= 0.3 is 5.97 Å². The molecule has 0 aromatic carbocycles. The molecule has 3 aliphatic rings. The minimum Gasteiger partial charge on any atom is -0.460 e. The Morgan fingerprint density at radius 2 is 1.67 bits per heavy atom. The molecule has 2 aromatic rings. The topological polar surface area (TPSA) is 59.1 Å². The molecule has 0 radical (unpaired) electrons. The van der Waals surface area contributed by atoms with E-state index >= 15 is 0 Å². The van der Waals surface area contributed by atoms with Crippen molar-refractivity contribution < 1.29 is 19.4 Å². The van der Waals surface area contributed by atoms with Crippen LogP contribution >= 0.6 is 22.7 Å². The van der Waals surface area contributed by atoms with Crippen LogP contribution in [0.2, 0.25) is 0 Å². The van der Waals surface area contributed by atoms with Gasteiger partial charge in [0.05, 0.1) is 22.0 Å². The summed E-state index contributed by atoms with van der Waals surface area (Å²) in [7, 11) is 0. The van der Waals surface area contributed by atoms with E-state index in [0.29, 0.717) is 33.8 Å². The third-order valence-electron chi connectivity index (χ3n) is 5.55. The van der Waals surface area contributed by atoms with Crippen LogP contribution in [0.3, 0.4) is 0 Å². The molecule has 3 fully saturated rings. The van der Waals surface area contributed by atoms with E-state index in [1.807, 2.05) is 22.9 Å². The second kappa shape index (κ2) is 5.39. The molecule has 4 nitrogen and oxygen atoms in total. The Morgan fingerprint density at radius 1 is 1.08 bits per heavy atom. The smallest absolute Gasteiger partial charge is 0.349 e. The first kappa shape index (κ1) is 15.1. The van der Waals surface area contributed by atoms with Crippen molar-refractivity contribution in [2.75, 3.05) is 0 Å². The van der Waals surface area contributed by atoms with Gasteiger partial charge in [-0.1, -0.05) is 12.1 Å². The lowest BCUT2D eigenvalue weighted by atomic mass is 9.85. The average molecular weight is 362 g/mol. The van der Waals surface area contributed by atoms with Gasteiger partial charge in [0.2, 0.25) is 5.60 Å². The first-order valence-electron chi connectivity index (χ1n) is 8.33. The summed E-state index contributed by atoms with van der Waals surface area (Å²) in [5, 5.41) is 15.0. The Hall–Kier alpha value is -1.21. The summed E-state index contributed by atoms with van der Waals surface area (Å²) >= 11 is 2.75. The third kappa shape index (κ3) is 2.20. The SMILES string of the molecule is O=C(OC1CC2CC(C1)C1OC21)C(O)(c1cccs1)c1cccs1. The average Bonchev–Trinajstić information content (AvgIpc) is 2.99. The van der Waals surface area contributed by atoms with Gasteiger partial charge in [-0.25, -0.2) is 4.79 Å². The van der Waals surface area contributed by atoms with Crippen molar-refractivity contribution in [3.05, 3.63) is 44.8 Å². The molecular formula is C18H18O4S2. The van der Waals surface area contributed by atoms with Gasteiger partial charge in [0.1, 0.15) is 6.10 Å². The van der Waals surface area contributed by atoms with Crippen molar-refractivity contribution in [1.29, 1.82) is 0 Å². The number of carbonyl (C=O) groups is 1. The first-order valence-corrected chi connectivity index (χ1v) is 10.1. The zero-order chi connectivity index (χ0) is 16.3. The number of esters is 1. The second-order valence-electron chi connectivity index (χ2n) is 6.98. The van der Waals surface area contributed by atoms with Crippen LogP contribution in [0.4, 0.5) is 0 Å². The summed E-state index contributed by atoms with van der Waals surface area (Å²) in [6, 6.07) is 7.27. The molecule has 1 saturated heterocycles. The highest BCUT2D eigenvalue weighted by Gasteiger charge is 2.60. The Kier molecular flexibility index (Phi) is 3.39. The summed E-state index contributed by atoms with van der Waals surface area (Å²) in [4.78, 5) is 14.2. The predicted molar refractivity (Wildman–Crippen MR) is 91.0 cm³/mol. The highest BCUT2D eigenvalue weighted by molar-refractivity contribution is 7.12. The molecular weight excluding hydrogens is 344 g/mol. The molecule has 2 aromatic heterocycles. The number of hydrogen-bond donors (Lipinski definition) is 1. The zero-order valence-corrected chi connectivity index (χ0v) is 14.6. The number of thiophene rings is 2. The van der Waals surface area contributed by atoms with Crippen LogP contribution in [0, 0.1) is 11.8 Å². The molecule has 126 valence electrons. The van der Waals surface area contributed by atoms with E-state index in [2.05, 4.69) is 0 Å². The summed E-state index contributed by atoms with van der Waals surface area (Å²) in [5.41, 5.74) is -1.70. The minimum atomic E-state index is -1.70. The van der Waals surface area contributed by atoms with Crippen molar-refractivity contribution in [3.8, 4) is 0 Å². The highest BCUT2D eigenvalue weighted by Crippen LogP contribution is 2.54. The van der Waals surface area contributed by atoms with Crippen LogP contribution < -0.4 is 0 Å². The summed E-state index contributed by atoms with van der Waals surface area (Å²) < 4.78 is 11.5. The first-order chi connectivity index (χ1) is 11.7. The number of hydrogen-bond acceptors (Lipinski definition) is 6. The molecule has 3 heterocycles. The fourth-order valence-corrected chi connectivity index (χ4v) is 6.12. The molecule has 2 aliphatic carbocycles. The van der Waals surface area contributed by atoms with E-state index in [-0.39, 0.29) is 6.10 Å². The maximum atomic E-state index is 13.0. The Labute approximate surface area is 148 Å². The molecule has 0 amide bonds. The number of aliphatic hydroxyl groups is 1. The van der Waals surface area contributed by atoms with Gasteiger partial charge in [0.15, 0.2) is 0 Å². The van der Waals surface area contributed by atoms with Crippen LogP contribution in [0.1, 0.15) is 29.0 Å². The van der Waals surface area contributed by atoms with Gasteiger partial charge in [-0.05, 0) is 54.0 Å². The van der Waals surface area contributed by atoms with E-state index in [1.165, 1.54) is 29.1 Å². The maximum absolute atomic E-state index is 13.0. The number of fused-ring (bicyclic) bond motifs is 5. The highest BCUT2D eigenvalue weighted by atomic mass is 32.1. The lowest BCUT2D eigenvalue weighted by Crippen LogP contribution is -2.40. The van der Waals surface area contributed by atoms with E-state index in [4.69, 9.17) is 9.47 Å². The van der Waals surface area contributed by atoms with Crippen LogP contribution in [0.15, 0.2) is 35.0 Å². The molecule has 24 heavy (non-hydrogen) atoms. The Morgan fingerprint density at radius 3 is 2.17 bits per heavy atom. The lowest BCUT2D eigenvalue weighted by molar-refractivity contribution is -0.170. The predicted octanol–water partition coefficient (Wildman–Crippen LogP) is 3.15. The second-order valence-corrected chi connectivity index (χ2v) is 8.88. The van der Waals surface area contributed by atoms with Crippen molar-refractivity contribution in [2.45, 2.75) is 43.2 Å². The van der Waals surface area contributed by atoms with Crippen LogP contribution in [-0.2, 0) is 19.9 Å². The summed E-state index contributed by atoms with van der Waals surface area (Å²) in [5.74, 6) is 0.486. The Bertz CT molecular complexity index is 689. The standard InChI is InChI=1S/C18H18O4S2/c19-17(21-12-8-10-7-11(9-12)16-15(10)22-16)18(20,13-3-1-5-23-13)14-4-2-6-24-14/h1-6,10-12,15-16,20H,7-9H2. The van der Waals surface area contributed by atoms with Crippen molar-refractivity contribution in [3.63, 3.8) is 0 Å². The van der Waals surface area contributed by atoms with Crippen molar-refractivity contribution in [1.82, 2.24) is 0 Å². The minimum absolute atomic E-state index is 0.107. The fraction of sp³-hybridized carbons (Fsp3) is 0.500. The van der Waals surface area contributed by atoms with Gasteiger partial charge < -0.3 is 14.6 Å². The van der Waals surface area contributed by atoms with Crippen molar-refractivity contribution >= 4 is 28.6 Å². The number of ether oxygens (including phenoxy) is 2. The van der Waals surface area contributed by atoms with E-state index < -0.39 is 11.6 Å². The molecule has 2 saturated carbocycles. The van der Waals surface area contributed by atoms with Crippen LogP contribution in [-0.4, -0.2) is 29.4 Å².